The molecule has 1 fully saturated rings. The Morgan fingerprint density at radius 3 is 3.06 bits per heavy atom. The van der Waals surface area contributed by atoms with Gasteiger partial charge >= 0.3 is 0 Å². The Balaban J connectivity index is 2.12. The quantitative estimate of drug-likeness (QED) is 0.906. The average Bonchev–Trinajstić information content (AvgIpc) is 2.39. The first-order chi connectivity index (χ1) is 8.74. The summed E-state index contributed by atoms with van der Waals surface area (Å²) in [7, 11) is 0. The number of aromatic nitrogens is 1. The summed E-state index contributed by atoms with van der Waals surface area (Å²) in [6.45, 7) is 7.37. The normalized spacial score (nSPS) is 20.2. The van der Waals surface area contributed by atoms with Crippen LogP contribution in [-0.4, -0.2) is 35.6 Å². The maximum absolute atomic E-state index is 5.59. The summed E-state index contributed by atoms with van der Waals surface area (Å²) in [5, 5.41) is 0.753. The predicted octanol–water partition coefficient (Wildman–Crippen LogP) is 2.22. The molecule has 0 saturated carbocycles. The van der Waals surface area contributed by atoms with Crippen LogP contribution in [0.4, 0.5) is 5.82 Å². The summed E-state index contributed by atoms with van der Waals surface area (Å²) in [5.74, 6) is 2.37. The van der Waals surface area contributed by atoms with E-state index in [9.17, 15) is 0 Å². The van der Waals surface area contributed by atoms with Crippen LogP contribution in [0, 0.1) is 6.92 Å². The summed E-state index contributed by atoms with van der Waals surface area (Å²) in [5.41, 5.74) is 8.11. The Bertz CT molecular complexity index is 395. The Kier molecular flexibility index (Phi) is 4.89. The van der Waals surface area contributed by atoms with E-state index in [4.69, 9.17) is 5.73 Å². The standard InChI is InChI=1S/C14H23N3S/c1-3-13-10-17(6-7-18-13)14-11(2)8-12(4-5-15)9-16-14/h8-9,13H,3-7,10,15H2,1-2H3. The Hall–Kier alpha value is -0.740. The summed E-state index contributed by atoms with van der Waals surface area (Å²) in [6.07, 6.45) is 4.14. The van der Waals surface area contributed by atoms with Gasteiger partial charge in [-0.05, 0) is 37.4 Å². The van der Waals surface area contributed by atoms with Crippen LogP contribution in [0.2, 0.25) is 0 Å². The Morgan fingerprint density at radius 1 is 1.56 bits per heavy atom. The van der Waals surface area contributed by atoms with Crippen LogP contribution in [0.5, 0.6) is 0 Å². The molecule has 2 heterocycles. The summed E-state index contributed by atoms with van der Waals surface area (Å²) >= 11 is 2.09. The molecule has 1 aromatic heterocycles. The molecule has 2 rings (SSSR count). The lowest BCUT2D eigenvalue weighted by Crippen LogP contribution is -2.38. The van der Waals surface area contributed by atoms with Gasteiger partial charge in [0.2, 0.25) is 0 Å². The van der Waals surface area contributed by atoms with E-state index in [1.807, 2.05) is 6.20 Å². The van der Waals surface area contributed by atoms with E-state index in [0.717, 1.165) is 30.6 Å². The van der Waals surface area contributed by atoms with Crippen molar-refractivity contribution in [3.63, 3.8) is 0 Å². The lowest BCUT2D eigenvalue weighted by molar-refractivity contribution is 0.717. The van der Waals surface area contributed by atoms with Gasteiger partial charge in [0.25, 0.3) is 0 Å². The van der Waals surface area contributed by atoms with Gasteiger partial charge in [0.05, 0.1) is 0 Å². The lowest BCUT2D eigenvalue weighted by Gasteiger charge is -2.33. The second-order valence-electron chi connectivity index (χ2n) is 4.87. The number of thioether (sulfide) groups is 1. The van der Waals surface area contributed by atoms with Crippen molar-refractivity contribution in [3.8, 4) is 0 Å². The third kappa shape index (κ3) is 3.18. The Labute approximate surface area is 114 Å². The molecule has 0 spiro atoms. The first-order valence-corrected chi connectivity index (χ1v) is 7.81. The van der Waals surface area contributed by atoms with E-state index in [1.54, 1.807) is 0 Å². The first-order valence-electron chi connectivity index (χ1n) is 6.76. The second-order valence-corrected chi connectivity index (χ2v) is 6.28. The van der Waals surface area contributed by atoms with E-state index < -0.39 is 0 Å². The van der Waals surface area contributed by atoms with Crippen LogP contribution >= 0.6 is 11.8 Å². The molecule has 1 aliphatic heterocycles. The smallest absolute Gasteiger partial charge is 0.131 e. The van der Waals surface area contributed by atoms with Crippen LogP contribution in [0.15, 0.2) is 12.3 Å². The number of pyridine rings is 1. The van der Waals surface area contributed by atoms with Gasteiger partial charge < -0.3 is 10.6 Å². The number of hydrogen-bond acceptors (Lipinski definition) is 4. The zero-order valence-corrected chi connectivity index (χ0v) is 12.2. The highest BCUT2D eigenvalue weighted by atomic mass is 32.2. The van der Waals surface area contributed by atoms with Crippen molar-refractivity contribution in [2.75, 3.05) is 30.3 Å². The maximum atomic E-state index is 5.59. The van der Waals surface area contributed by atoms with Gasteiger partial charge in [0.1, 0.15) is 5.82 Å². The third-order valence-corrected chi connectivity index (χ3v) is 4.81. The van der Waals surface area contributed by atoms with Gasteiger partial charge in [-0.2, -0.15) is 11.8 Å². The van der Waals surface area contributed by atoms with Crippen LogP contribution in [0.1, 0.15) is 24.5 Å². The number of hydrogen-bond donors (Lipinski definition) is 1. The monoisotopic (exact) mass is 265 g/mol. The molecule has 0 bridgehead atoms. The molecule has 0 aliphatic carbocycles. The van der Waals surface area contributed by atoms with Crippen LogP contribution in [0.25, 0.3) is 0 Å². The fourth-order valence-corrected chi connectivity index (χ4v) is 3.60. The van der Waals surface area contributed by atoms with Gasteiger partial charge in [0.15, 0.2) is 0 Å². The van der Waals surface area contributed by atoms with Crippen molar-refractivity contribution in [1.29, 1.82) is 0 Å². The molecule has 0 aromatic carbocycles. The summed E-state index contributed by atoms with van der Waals surface area (Å²) < 4.78 is 0. The lowest BCUT2D eigenvalue weighted by atomic mass is 10.1. The van der Waals surface area contributed by atoms with Crippen LogP contribution < -0.4 is 10.6 Å². The van der Waals surface area contributed by atoms with Gasteiger partial charge in [0, 0.05) is 30.3 Å². The minimum atomic E-state index is 0.693. The maximum Gasteiger partial charge on any atom is 0.131 e. The van der Waals surface area contributed by atoms with Gasteiger partial charge in [-0.3, -0.25) is 0 Å². The fourth-order valence-electron chi connectivity index (χ4n) is 2.42. The van der Waals surface area contributed by atoms with Crippen molar-refractivity contribution in [3.05, 3.63) is 23.4 Å². The molecule has 2 N–H and O–H groups in total. The molecule has 1 unspecified atom stereocenters. The molecule has 18 heavy (non-hydrogen) atoms. The zero-order valence-electron chi connectivity index (χ0n) is 11.4. The van der Waals surface area contributed by atoms with E-state index >= 15 is 0 Å². The molecule has 1 aliphatic rings. The minimum Gasteiger partial charge on any atom is -0.354 e. The molecular weight excluding hydrogens is 242 g/mol. The average molecular weight is 265 g/mol. The highest BCUT2D eigenvalue weighted by Gasteiger charge is 2.21. The highest BCUT2D eigenvalue weighted by molar-refractivity contribution is 8.00. The molecule has 0 amide bonds. The van der Waals surface area contributed by atoms with E-state index in [0.29, 0.717) is 6.54 Å². The van der Waals surface area contributed by atoms with E-state index in [-0.39, 0.29) is 0 Å². The molecule has 100 valence electrons. The summed E-state index contributed by atoms with van der Waals surface area (Å²) in [4.78, 5) is 7.09. The SMILES string of the molecule is CCC1CN(c2ncc(CCN)cc2C)CCS1. The van der Waals surface area contributed by atoms with E-state index in [2.05, 4.69) is 41.6 Å². The van der Waals surface area contributed by atoms with Crippen LogP contribution in [0.3, 0.4) is 0 Å². The fraction of sp³-hybridized carbons (Fsp3) is 0.643. The Morgan fingerprint density at radius 2 is 2.39 bits per heavy atom. The van der Waals surface area contributed by atoms with Crippen molar-refractivity contribution in [2.45, 2.75) is 31.9 Å². The van der Waals surface area contributed by atoms with Crippen LogP contribution in [-0.2, 0) is 6.42 Å². The number of anilines is 1. The molecule has 4 heteroatoms. The topological polar surface area (TPSA) is 42.2 Å². The third-order valence-electron chi connectivity index (χ3n) is 3.43. The second kappa shape index (κ2) is 6.43. The van der Waals surface area contributed by atoms with Crippen molar-refractivity contribution < 1.29 is 0 Å². The number of nitrogens with two attached hydrogens (primary N) is 1. The molecule has 3 nitrogen and oxygen atoms in total. The van der Waals surface area contributed by atoms with Gasteiger partial charge in [-0.25, -0.2) is 4.98 Å². The summed E-state index contributed by atoms with van der Waals surface area (Å²) in [6, 6.07) is 2.23. The van der Waals surface area contributed by atoms with Crippen molar-refractivity contribution in [2.24, 2.45) is 5.73 Å². The number of nitrogens with zero attached hydrogens (tertiary/aromatic N) is 2. The number of aryl methyl sites for hydroxylation is 1. The van der Waals surface area contributed by atoms with Gasteiger partial charge in [-0.15, -0.1) is 0 Å². The molecule has 1 atom stereocenters. The highest BCUT2D eigenvalue weighted by Crippen LogP contribution is 2.26. The van der Waals surface area contributed by atoms with Gasteiger partial charge in [-0.1, -0.05) is 13.0 Å². The zero-order chi connectivity index (χ0) is 13.0. The molecule has 1 aromatic rings. The largest absolute Gasteiger partial charge is 0.354 e. The minimum absolute atomic E-state index is 0.693. The molecule has 0 radical (unpaired) electrons. The van der Waals surface area contributed by atoms with Crippen molar-refractivity contribution in [1.82, 2.24) is 4.98 Å². The number of rotatable bonds is 4. The van der Waals surface area contributed by atoms with E-state index in [1.165, 1.54) is 23.3 Å². The molecular formula is C14H23N3S. The first kappa shape index (κ1) is 13.7. The molecule has 1 saturated heterocycles. The van der Waals surface area contributed by atoms with Crippen molar-refractivity contribution >= 4 is 17.6 Å². The predicted molar refractivity (Wildman–Crippen MR) is 80.5 cm³/mol.